The van der Waals surface area contributed by atoms with E-state index in [2.05, 4.69) is 5.32 Å². The van der Waals surface area contributed by atoms with E-state index in [1.54, 1.807) is 30.3 Å². The zero-order valence-corrected chi connectivity index (χ0v) is 15.3. The molecule has 0 radical (unpaired) electrons. The zero-order valence-electron chi connectivity index (χ0n) is 14.5. The van der Waals surface area contributed by atoms with Gasteiger partial charge in [-0.25, -0.2) is 0 Å². The molecule has 27 heavy (non-hydrogen) atoms. The first-order valence-electron chi connectivity index (χ1n) is 8.31. The number of rotatable bonds is 6. The molecule has 0 saturated heterocycles. The van der Waals surface area contributed by atoms with Crippen molar-refractivity contribution in [3.8, 4) is 0 Å². The highest BCUT2D eigenvalue weighted by atomic mass is 32.2. The molecule has 0 heterocycles. The first-order chi connectivity index (χ1) is 13.0. The smallest absolute Gasteiger partial charge is 0.250 e. The predicted molar refractivity (Wildman–Crippen MR) is 109 cm³/mol. The van der Waals surface area contributed by atoms with Gasteiger partial charge in [0.15, 0.2) is 0 Å². The van der Waals surface area contributed by atoms with Gasteiger partial charge in [0.2, 0.25) is 5.91 Å². The third-order valence-electron chi connectivity index (χ3n) is 3.90. The van der Waals surface area contributed by atoms with Crippen molar-refractivity contribution < 1.29 is 9.59 Å². The van der Waals surface area contributed by atoms with E-state index in [0.717, 1.165) is 10.5 Å². The first-order valence-corrected chi connectivity index (χ1v) is 9.19. The number of amides is 2. The van der Waals surface area contributed by atoms with E-state index in [1.807, 2.05) is 48.5 Å². The van der Waals surface area contributed by atoms with Crippen LogP contribution in [0.5, 0.6) is 0 Å². The van der Waals surface area contributed by atoms with Crippen molar-refractivity contribution in [1.29, 1.82) is 0 Å². The van der Waals surface area contributed by atoms with E-state index >= 15 is 0 Å². The highest BCUT2D eigenvalue weighted by Gasteiger charge is 2.23. The quantitative estimate of drug-likeness (QED) is 0.449. The summed E-state index contributed by atoms with van der Waals surface area (Å²) in [5, 5.41) is 2.31. The molecule has 136 valence electrons. The van der Waals surface area contributed by atoms with Crippen LogP contribution in [0.25, 0.3) is 0 Å². The average molecular weight is 377 g/mol. The SMILES string of the molecule is NC(=O)c1ccccc1NC(=O)C(Sc1cccc(N)c1)c1ccccc1. The Morgan fingerprint density at radius 2 is 1.59 bits per heavy atom. The molecular formula is C21H19N3O2S. The molecule has 0 aliphatic carbocycles. The second kappa shape index (κ2) is 8.42. The zero-order chi connectivity index (χ0) is 19.2. The first kappa shape index (κ1) is 18.5. The third-order valence-corrected chi connectivity index (χ3v) is 5.15. The molecule has 3 aromatic rings. The van der Waals surface area contributed by atoms with E-state index in [0.29, 0.717) is 11.4 Å². The minimum Gasteiger partial charge on any atom is -0.399 e. The van der Waals surface area contributed by atoms with Gasteiger partial charge in [0.1, 0.15) is 5.25 Å². The van der Waals surface area contributed by atoms with E-state index in [4.69, 9.17) is 11.5 Å². The minimum atomic E-state index is -0.592. The summed E-state index contributed by atoms with van der Waals surface area (Å²) in [6.07, 6.45) is 0. The van der Waals surface area contributed by atoms with Gasteiger partial charge >= 0.3 is 0 Å². The molecule has 1 atom stereocenters. The van der Waals surface area contributed by atoms with Crippen LogP contribution in [0, 0.1) is 0 Å². The van der Waals surface area contributed by atoms with Gasteiger partial charge in [-0.15, -0.1) is 11.8 Å². The number of benzene rings is 3. The van der Waals surface area contributed by atoms with E-state index < -0.39 is 11.2 Å². The molecular weight excluding hydrogens is 358 g/mol. The number of hydrogen-bond donors (Lipinski definition) is 3. The van der Waals surface area contributed by atoms with Gasteiger partial charge in [0, 0.05) is 10.6 Å². The van der Waals surface area contributed by atoms with Gasteiger partial charge in [-0.1, -0.05) is 48.5 Å². The summed E-state index contributed by atoms with van der Waals surface area (Å²) in [7, 11) is 0. The maximum atomic E-state index is 13.1. The molecule has 0 spiro atoms. The van der Waals surface area contributed by atoms with E-state index in [-0.39, 0.29) is 11.5 Å². The van der Waals surface area contributed by atoms with Gasteiger partial charge in [0.25, 0.3) is 5.91 Å². The largest absolute Gasteiger partial charge is 0.399 e. The summed E-state index contributed by atoms with van der Waals surface area (Å²) < 4.78 is 0. The minimum absolute atomic E-state index is 0.248. The molecule has 3 aromatic carbocycles. The Morgan fingerprint density at radius 3 is 2.30 bits per heavy atom. The number of hydrogen-bond acceptors (Lipinski definition) is 4. The molecule has 0 bridgehead atoms. The van der Waals surface area contributed by atoms with Gasteiger partial charge in [0.05, 0.1) is 11.3 Å². The second-order valence-corrected chi connectivity index (χ2v) is 7.06. The number of carbonyl (C=O) groups is 2. The lowest BCUT2D eigenvalue weighted by Crippen LogP contribution is -2.22. The molecule has 1 unspecified atom stereocenters. The number of anilines is 2. The van der Waals surface area contributed by atoms with Crippen molar-refractivity contribution in [3.05, 3.63) is 90.0 Å². The molecule has 6 heteroatoms. The Balaban J connectivity index is 1.91. The van der Waals surface area contributed by atoms with Crippen molar-refractivity contribution in [2.75, 3.05) is 11.1 Å². The fraction of sp³-hybridized carbons (Fsp3) is 0.0476. The molecule has 5 nitrogen and oxygen atoms in total. The van der Waals surface area contributed by atoms with Crippen LogP contribution in [0.2, 0.25) is 0 Å². The topological polar surface area (TPSA) is 98.2 Å². The summed E-state index contributed by atoms with van der Waals surface area (Å²) in [6, 6.07) is 23.5. The van der Waals surface area contributed by atoms with E-state index in [1.165, 1.54) is 11.8 Å². The Labute approximate surface area is 161 Å². The van der Waals surface area contributed by atoms with Crippen molar-refractivity contribution in [3.63, 3.8) is 0 Å². The Hall–Kier alpha value is -3.25. The number of carbonyl (C=O) groups excluding carboxylic acids is 2. The van der Waals surface area contributed by atoms with Crippen LogP contribution >= 0.6 is 11.8 Å². The van der Waals surface area contributed by atoms with E-state index in [9.17, 15) is 9.59 Å². The standard InChI is InChI=1S/C21H19N3O2S/c22-15-9-6-10-16(13-15)27-19(14-7-2-1-3-8-14)21(26)24-18-12-5-4-11-17(18)20(23)25/h1-13,19H,22H2,(H2,23,25)(H,24,26). The number of nitrogen functional groups attached to an aromatic ring is 1. The summed E-state index contributed by atoms with van der Waals surface area (Å²) in [5.74, 6) is -0.840. The Bertz CT molecular complexity index is 960. The van der Waals surface area contributed by atoms with Gasteiger partial charge < -0.3 is 16.8 Å². The lowest BCUT2D eigenvalue weighted by molar-refractivity contribution is -0.115. The molecule has 3 rings (SSSR count). The number of nitrogens with two attached hydrogens (primary N) is 2. The lowest BCUT2D eigenvalue weighted by atomic mass is 10.1. The molecule has 0 fully saturated rings. The van der Waals surface area contributed by atoms with Crippen LogP contribution in [-0.4, -0.2) is 11.8 Å². The molecule has 0 aromatic heterocycles. The summed E-state index contributed by atoms with van der Waals surface area (Å²) in [6.45, 7) is 0. The number of para-hydroxylation sites is 1. The van der Waals surface area contributed by atoms with Crippen LogP contribution in [0.3, 0.4) is 0 Å². The summed E-state index contributed by atoms with van der Waals surface area (Å²) in [4.78, 5) is 25.6. The van der Waals surface area contributed by atoms with Crippen LogP contribution in [-0.2, 0) is 4.79 Å². The van der Waals surface area contributed by atoms with Crippen molar-refractivity contribution >= 4 is 35.0 Å². The molecule has 5 N–H and O–H groups in total. The maximum Gasteiger partial charge on any atom is 0.250 e. The van der Waals surface area contributed by atoms with Gasteiger partial charge in [-0.05, 0) is 35.9 Å². The summed E-state index contributed by atoms with van der Waals surface area (Å²) in [5.41, 5.74) is 13.4. The highest BCUT2D eigenvalue weighted by molar-refractivity contribution is 8.00. The normalized spacial score (nSPS) is 11.6. The monoisotopic (exact) mass is 377 g/mol. The van der Waals surface area contributed by atoms with Crippen molar-refractivity contribution in [1.82, 2.24) is 0 Å². The second-order valence-electron chi connectivity index (χ2n) is 5.88. The fourth-order valence-electron chi connectivity index (χ4n) is 2.63. The predicted octanol–water partition coefficient (Wildman–Crippen LogP) is 3.84. The van der Waals surface area contributed by atoms with Crippen LogP contribution in [0.15, 0.2) is 83.8 Å². The third kappa shape index (κ3) is 4.68. The molecule has 2 amide bonds. The molecule has 0 aliphatic rings. The van der Waals surface area contributed by atoms with Gasteiger partial charge in [-0.2, -0.15) is 0 Å². The van der Waals surface area contributed by atoms with Crippen molar-refractivity contribution in [2.24, 2.45) is 5.73 Å². The summed E-state index contributed by atoms with van der Waals surface area (Å²) >= 11 is 1.39. The average Bonchev–Trinajstić information content (AvgIpc) is 2.67. The number of primary amides is 1. The van der Waals surface area contributed by atoms with Crippen LogP contribution < -0.4 is 16.8 Å². The highest BCUT2D eigenvalue weighted by Crippen LogP contribution is 2.37. The van der Waals surface area contributed by atoms with Crippen molar-refractivity contribution in [2.45, 2.75) is 10.1 Å². The molecule has 0 aliphatic heterocycles. The Morgan fingerprint density at radius 1 is 0.889 bits per heavy atom. The number of nitrogens with one attached hydrogen (secondary N) is 1. The van der Waals surface area contributed by atoms with Crippen LogP contribution in [0.4, 0.5) is 11.4 Å². The van der Waals surface area contributed by atoms with Crippen LogP contribution in [0.1, 0.15) is 21.2 Å². The fourth-order valence-corrected chi connectivity index (χ4v) is 3.72. The Kier molecular flexibility index (Phi) is 5.78. The number of thioether (sulfide) groups is 1. The molecule has 0 saturated carbocycles. The van der Waals surface area contributed by atoms with Gasteiger partial charge in [-0.3, -0.25) is 9.59 Å². The maximum absolute atomic E-state index is 13.1. The lowest BCUT2D eigenvalue weighted by Gasteiger charge is -2.18.